The molecule has 19 heavy (non-hydrogen) atoms. The molecule has 2 aromatic rings. The lowest BCUT2D eigenvalue weighted by atomic mass is 10.1. The number of rotatable bonds is 4. The summed E-state index contributed by atoms with van der Waals surface area (Å²) in [5.41, 5.74) is 6.49. The van der Waals surface area contributed by atoms with Gasteiger partial charge in [0.05, 0.1) is 4.90 Å². The molecule has 0 spiro atoms. The van der Waals surface area contributed by atoms with Gasteiger partial charge < -0.3 is 5.73 Å². The van der Waals surface area contributed by atoms with Crippen LogP contribution in [0.3, 0.4) is 0 Å². The van der Waals surface area contributed by atoms with Crippen LogP contribution in [0.1, 0.15) is 13.8 Å². The molecule has 2 rings (SSSR count). The molecule has 0 unspecified atom stereocenters. The van der Waals surface area contributed by atoms with E-state index in [0.717, 1.165) is 5.39 Å². The van der Waals surface area contributed by atoms with Gasteiger partial charge in [-0.25, -0.2) is 8.42 Å². The summed E-state index contributed by atoms with van der Waals surface area (Å²) in [5, 5.41) is 1.45. The Morgan fingerprint density at radius 3 is 2.16 bits per heavy atom. The number of benzene rings is 2. The van der Waals surface area contributed by atoms with Crippen molar-refractivity contribution in [3.63, 3.8) is 0 Å². The minimum atomic E-state index is -3.47. The van der Waals surface area contributed by atoms with Gasteiger partial charge in [-0.05, 0) is 12.1 Å². The highest BCUT2D eigenvalue weighted by Gasteiger charge is 2.23. The van der Waals surface area contributed by atoms with Crippen molar-refractivity contribution < 1.29 is 8.42 Å². The first-order valence-electron chi connectivity index (χ1n) is 6.29. The summed E-state index contributed by atoms with van der Waals surface area (Å²) < 4.78 is 26.7. The van der Waals surface area contributed by atoms with E-state index >= 15 is 0 Å². The molecule has 0 fully saturated rings. The molecule has 102 valence electrons. The number of nitrogens with zero attached hydrogens (tertiary/aromatic N) is 1. The molecule has 0 aliphatic rings. The molecule has 0 atom stereocenters. The zero-order valence-electron chi connectivity index (χ0n) is 11.1. The fourth-order valence-electron chi connectivity index (χ4n) is 2.22. The quantitative estimate of drug-likeness (QED) is 0.874. The summed E-state index contributed by atoms with van der Waals surface area (Å²) in [5.74, 6) is 0. The normalized spacial score (nSPS) is 12.2. The number of nitrogen functional groups attached to an aromatic ring is 1. The van der Waals surface area contributed by atoms with Crippen LogP contribution in [0.2, 0.25) is 0 Å². The van der Waals surface area contributed by atoms with Crippen molar-refractivity contribution in [1.82, 2.24) is 4.31 Å². The van der Waals surface area contributed by atoms with Crippen LogP contribution in [0.5, 0.6) is 0 Å². The van der Waals surface area contributed by atoms with E-state index in [1.165, 1.54) is 4.31 Å². The van der Waals surface area contributed by atoms with E-state index in [1.54, 1.807) is 18.2 Å². The first-order chi connectivity index (χ1) is 9.02. The van der Waals surface area contributed by atoms with E-state index in [1.807, 2.05) is 32.0 Å². The Balaban J connectivity index is 2.74. The lowest BCUT2D eigenvalue weighted by Crippen LogP contribution is -2.30. The number of sulfonamides is 1. The van der Waals surface area contributed by atoms with Gasteiger partial charge >= 0.3 is 0 Å². The van der Waals surface area contributed by atoms with Crippen LogP contribution in [0.4, 0.5) is 5.69 Å². The lowest BCUT2D eigenvalue weighted by molar-refractivity contribution is 0.446. The van der Waals surface area contributed by atoms with Gasteiger partial charge in [-0.3, -0.25) is 0 Å². The monoisotopic (exact) mass is 278 g/mol. The fourth-order valence-corrected chi connectivity index (χ4v) is 3.88. The van der Waals surface area contributed by atoms with Crippen LogP contribution >= 0.6 is 0 Å². The summed E-state index contributed by atoms with van der Waals surface area (Å²) in [6, 6.07) is 10.5. The zero-order chi connectivity index (χ0) is 14.0. The number of nitrogens with two attached hydrogens (primary N) is 1. The molecule has 2 aromatic carbocycles. The highest BCUT2D eigenvalue weighted by Crippen LogP contribution is 2.29. The molecule has 0 amide bonds. The summed E-state index contributed by atoms with van der Waals surface area (Å²) in [7, 11) is -3.47. The second kappa shape index (κ2) is 5.19. The minimum absolute atomic E-state index is 0.320. The third kappa shape index (κ3) is 2.31. The van der Waals surface area contributed by atoms with Gasteiger partial charge in [0.15, 0.2) is 0 Å². The van der Waals surface area contributed by atoms with Gasteiger partial charge in [-0.1, -0.05) is 38.1 Å². The van der Waals surface area contributed by atoms with E-state index < -0.39 is 10.0 Å². The molecule has 0 aliphatic heterocycles. The highest BCUT2D eigenvalue weighted by atomic mass is 32.2. The fraction of sp³-hybridized carbons (Fsp3) is 0.286. The van der Waals surface area contributed by atoms with Gasteiger partial charge in [0.1, 0.15) is 0 Å². The second-order valence-electron chi connectivity index (χ2n) is 4.29. The number of hydrogen-bond donors (Lipinski definition) is 1. The molecule has 0 radical (unpaired) electrons. The Morgan fingerprint density at radius 1 is 1.00 bits per heavy atom. The van der Waals surface area contributed by atoms with Gasteiger partial charge in [0.2, 0.25) is 10.0 Å². The van der Waals surface area contributed by atoms with Crippen molar-refractivity contribution in [1.29, 1.82) is 0 Å². The average molecular weight is 278 g/mol. The van der Waals surface area contributed by atoms with Crippen molar-refractivity contribution in [2.45, 2.75) is 18.7 Å². The Labute approximate surface area is 113 Å². The third-order valence-electron chi connectivity index (χ3n) is 3.24. The Hall–Kier alpha value is -1.59. The first kappa shape index (κ1) is 13.8. The van der Waals surface area contributed by atoms with E-state index in [-0.39, 0.29) is 0 Å². The van der Waals surface area contributed by atoms with Crippen molar-refractivity contribution in [3.05, 3.63) is 36.4 Å². The molecule has 0 aromatic heterocycles. The van der Waals surface area contributed by atoms with Crippen molar-refractivity contribution in [3.8, 4) is 0 Å². The smallest absolute Gasteiger partial charge is 0.243 e. The maximum absolute atomic E-state index is 12.6. The summed E-state index contributed by atoms with van der Waals surface area (Å²) in [6.07, 6.45) is 0. The molecule has 0 saturated heterocycles. The van der Waals surface area contributed by atoms with Gasteiger partial charge in [0, 0.05) is 29.5 Å². The molecule has 0 heterocycles. The SMILES string of the molecule is CCN(CC)S(=O)(=O)c1ccc(N)c2ccccc12. The van der Waals surface area contributed by atoms with Crippen molar-refractivity contribution >= 4 is 26.5 Å². The topological polar surface area (TPSA) is 63.4 Å². The predicted molar refractivity (Wildman–Crippen MR) is 78.5 cm³/mol. The molecular weight excluding hydrogens is 260 g/mol. The zero-order valence-corrected chi connectivity index (χ0v) is 11.9. The molecule has 2 N–H and O–H groups in total. The highest BCUT2D eigenvalue weighted by molar-refractivity contribution is 7.89. The van der Waals surface area contributed by atoms with Gasteiger partial charge in [0.25, 0.3) is 0 Å². The predicted octanol–water partition coefficient (Wildman–Crippen LogP) is 2.45. The standard InChI is InChI=1S/C14H18N2O2S/c1-3-16(4-2)19(17,18)14-10-9-13(15)11-7-5-6-8-12(11)14/h5-10H,3-4,15H2,1-2H3. The van der Waals surface area contributed by atoms with E-state index in [9.17, 15) is 8.42 Å². The number of anilines is 1. The van der Waals surface area contributed by atoms with Crippen LogP contribution in [0, 0.1) is 0 Å². The number of fused-ring (bicyclic) bond motifs is 1. The molecule has 0 saturated carbocycles. The van der Waals surface area contributed by atoms with Crippen molar-refractivity contribution in [2.24, 2.45) is 0 Å². The van der Waals surface area contributed by atoms with Crippen LogP contribution in [0.25, 0.3) is 10.8 Å². The maximum Gasteiger partial charge on any atom is 0.243 e. The van der Waals surface area contributed by atoms with Crippen molar-refractivity contribution in [2.75, 3.05) is 18.8 Å². The average Bonchev–Trinajstić information content (AvgIpc) is 2.40. The Morgan fingerprint density at radius 2 is 1.58 bits per heavy atom. The molecule has 0 bridgehead atoms. The molecule has 5 heteroatoms. The van der Waals surface area contributed by atoms with E-state index in [0.29, 0.717) is 29.1 Å². The summed E-state index contributed by atoms with van der Waals surface area (Å²) >= 11 is 0. The molecule has 0 aliphatic carbocycles. The second-order valence-corrected chi connectivity index (χ2v) is 6.19. The Bertz CT molecular complexity index is 692. The number of hydrogen-bond acceptors (Lipinski definition) is 3. The maximum atomic E-state index is 12.6. The van der Waals surface area contributed by atoms with Crippen LogP contribution in [-0.4, -0.2) is 25.8 Å². The van der Waals surface area contributed by atoms with E-state index in [4.69, 9.17) is 5.73 Å². The lowest BCUT2D eigenvalue weighted by Gasteiger charge is -2.20. The largest absolute Gasteiger partial charge is 0.398 e. The summed E-state index contributed by atoms with van der Waals surface area (Å²) in [6.45, 7) is 4.58. The Kier molecular flexibility index (Phi) is 3.78. The first-order valence-corrected chi connectivity index (χ1v) is 7.73. The minimum Gasteiger partial charge on any atom is -0.398 e. The molecular formula is C14H18N2O2S. The van der Waals surface area contributed by atoms with E-state index in [2.05, 4.69) is 0 Å². The van der Waals surface area contributed by atoms with Gasteiger partial charge in [-0.15, -0.1) is 0 Å². The summed E-state index contributed by atoms with van der Waals surface area (Å²) in [4.78, 5) is 0.320. The van der Waals surface area contributed by atoms with Gasteiger partial charge in [-0.2, -0.15) is 4.31 Å². The van der Waals surface area contributed by atoms with Crippen LogP contribution < -0.4 is 5.73 Å². The third-order valence-corrected chi connectivity index (χ3v) is 5.35. The van der Waals surface area contributed by atoms with Crippen LogP contribution in [-0.2, 0) is 10.0 Å². The van der Waals surface area contributed by atoms with Crippen LogP contribution in [0.15, 0.2) is 41.3 Å². The molecule has 4 nitrogen and oxygen atoms in total.